The Morgan fingerprint density at radius 3 is 1.74 bits per heavy atom. The normalized spacial score (nSPS) is 16.2. The van der Waals surface area contributed by atoms with Gasteiger partial charge in [-0.05, 0) is 28.3 Å². The van der Waals surface area contributed by atoms with E-state index in [1.54, 1.807) is 84.9 Å². The van der Waals surface area contributed by atoms with E-state index in [-0.39, 0.29) is 22.4 Å². The molecule has 54 heavy (non-hydrogen) atoms. The number of ether oxygens (including phenoxy) is 2. The minimum atomic E-state index is -4.53. The van der Waals surface area contributed by atoms with Crippen molar-refractivity contribution >= 4 is 29.6 Å². The molecule has 2 aliphatic rings. The van der Waals surface area contributed by atoms with Gasteiger partial charge in [-0.15, -0.1) is 0 Å². The lowest BCUT2D eigenvalue weighted by molar-refractivity contribution is -0.172. The summed E-state index contributed by atoms with van der Waals surface area (Å²) in [4.78, 5) is 41.6. The summed E-state index contributed by atoms with van der Waals surface area (Å²) in [6, 6.07) is 37.3. The molecule has 1 N–H and O–H groups in total. The fourth-order valence-electron chi connectivity index (χ4n) is 7.25. The zero-order valence-electron chi connectivity index (χ0n) is 28.6. The third kappa shape index (κ3) is 6.80. The highest BCUT2D eigenvalue weighted by Crippen LogP contribution is 2.46. The molecule has 1 aliphatic carbocycles. The minimum absolute atomic E-state index is 0.178. The van der Waals surface area contributed by atoms with Gasteiger partial charge in [0.25, 0.3) is 0 Å². The number of fused-ring (bicyclic) bond motifs is 3. The Hall–Kier alpha value is -5.68. The van der Waals surface area contributed by atoms with Crippen LogP contribution in [0.3, 0.4) is 0 Å². The number of likely N-dealkylation sites (tertiary alicyclic amines) is 1. The van der Waals surface area contributed by atoms with Gasteiger partial charge in [0, 0.05) is 27.6 Å². The van der Waals surface area contributed by atoms with E-state index in [1.165, 1.54) is 0 Å². The molecule has 0 radical (unpaired) electrons. The van der Waals surface area contributed by atoms with Crippen LogP contribution in [0.1, 0.15) is 40.2 Å². The van der Waals surface area contributed by atoms with Gasteiger partial charge < -0.3 is 19.7 Å². The van der Waals surface area contributed by atoms with E-state index in [0.717, 1.165) is 22.3 Å². The molecule has 276 valence electrons. The summed E-state index contributed by atoms with van der Waals surface area (Å²) in [5, 5.41) is 2.54. The summed E-state index contributed by atoms with van der Waals surface area (Å²) in [5.41, 5.74) is 3.35. The SMILES string of the molecule is O=C(CC(NC(=O)OCC1c2ccccc2-c2ccccc21)C(=O)N1CC(F)(F)C(F)(F)C1)OC(c1ccccc1)(c1ccccc1)c1ccccc1Cl. The number of carbonyl (C=O) groups excluding carboxylic acids is 3. The first-order chi connectivity index (χ1) is 25.9. The van der Waals surface area contributed by atoms with Gasteiger partial charge in [-0.1, -0.05) is 139 Å². The first kappa shape index (κ1) is 36.7. The molecule has 1 unspecified atom stereocenters. The average Bonchev–Trinajstić information content (AvgIpc) is 3.61. The van der Waals surface area contributed by atoms with Crippen LogP contribution in [-0.2, 0) is 24.7 Å². The van der Waals surface area contributed by atoms with Crippen molar-refractivity contribution in [3.05, 3.63) is 166 Å². The van der Waals surface area contributed by atoms with Gasteiger partial charge in [-0.25, -0.2) is 4.79 Å². The first-order valence-electron chi connectivity index (χ1n) is 17.1. The summed E-state index contributed by atoms with van der Waals surface area (Å²) in [6.07, 6.45) is -2.09. The van der Waals surface area contributed by atoms with E-state index in [1.807, 2.05) is 48.5 Å². The molecule has 1 saturated heterocycles. The molecule has 12 heteroatoms. The molecule has 0 spiro atoms. The largest absolute Gasteiger partial charge is 0.449 e. The van der Waals surface area contributed by atoms with Crippen molar-refractivity contribution < 1.29 is 41.4 Å². The number of halogens is 5. The number of hydrogen-bond donors (Lipinski definition) is 1. The highest BCUT2D eigenvalue weighted by atomic mass is 35.5. The van der Waals surface area contributed by atoms with Crippen LogP contribution >= 0.6 is 11.6 Å². The van der Waals surface area contributed by atoms with Gasteiger partial charge in [0.05, 0.1) is 19.5 Å². The van der Waals surface area contributed by atoms with Gasteiger partial charge in [0.1, 0.15) is 12.6 Å². The Bertz CT molecular complexity index is 2090. The summed E-state index contributed by atoms with van der Waals surface area (Å²) in [7, 11) is 0. The Balaban J connectivity index is 1.19. The van der Waals surface area contributed by atoms with Gasteiger partial charge >= 0.3 is 23.9 Å². The minimum Gasteiger partial charge on any atom is -0.449 e. The second-order valence-corrected chi connectivity index (χ2v) is 13.6. The maximum absolute atomic E-state index is 14.3. The lowest BCUT2D eigenvalue weighted by Crippen LogP contribution is -2.50. The molecule has 7 rings (SSSR count). The van der Waals surface area contributed by atoms with Gasteiger partial charge in [0.15, 0.2) is 5.60 Å². The Morgan fingerprint density at radius 1 is 0.722 bits per heavy atom. The Labute approximate surface area is 313 Å². The second kappa shape index (κ2) is 14.6. The van der Waals surface area contributed by atoms with Crippen molar-refractivity contribution in [3.63, 3.8) is 0 Å². The number of nitrogens with zero attached hydrogens (tertiary/aromatic N) is 1. The standard InChI is InChI=1S/C42H33ClF4N2O5/c43-35-22-12-11-21-34(35)42(27-13-3-1-4-14-27,28-15-5-2-6-16-28)54-37(50)23-36(38(51)49-25-40(44,45)41(46,47)26-49)48-39(52)53-24-33-31-19-9-7-17-29(31)30-18-8-10-20-32(30)33/h1-22,33,36H,23-26H2,(H,48,52). The third-order valence-electron chi connectivity index (χ3n) is 9.81. The summed E-state index contributed by atoms with van der Waals surface area (Å²) in [6.45, 7) is -3.41. The molecular formula is C42H33ClF4N2O5. The van der Waals surface area contributed by atoms with Crippen molar-refractivity contribution in [2.24, 2.45) is 0 Å². The molecule has 7 nitrogen and oxygen atoms in total. The zero-order chi connectivity index (χ0) is 38.1. The van der Waals surface area contributed by atoms with Gasteiger partial charge in [-0.3, -0.25) is 9.59 Å². The zero-order valence-corrected chi connectivity index (χ0v) is 29.3. The van der Waals surface area contributed by atoms with E-state index in [4.69, 9.17) is 21.1 Å². The number of alkyl halides is 4. The monoisotopic (exact) mass is 756 g/mol. The highest BCUT2D eigenvalue weighted by Gasteiger charge is 2.64. The van der Waals surface area contributed by atoms with Crippen LogP contribution in [0.15, 0.2) is 133 Å². The number of benzene rings is 5. The van der Waals surface area contributed by atoms with E-state index in [2.05, 4.69) is 5.32 Å². The van der Waals surface area contributed by atoms with E-state index in [9.17, 15) is 31.9 Å². The smallest absolute Gasteiger partial charge is 0.407 e. The molecule has 0 saturated carbocycles. The van der Waals surface area contributed by atoms with Gasteiger partial charge in [0.2, 0.25) is 5.91 Å². The average molecular weight is 757 g/mol. The number of alkyl carbamates (subject to hydrolysis) is 1. The topological polar surface area (TPSA) is 84.9 Å². The van der Waals surface area contributed by atoms with Crippen molar-refractivity contribution in [1.82, 2.24) is 10.2 Å². The predicted octanol–water partition coefficient (Wildman–Crippen LogP) is 8.59. The summed E-state index contributed by atoms with van der Waals surface area (Å²) >= 11 is 6.74. The van der Waals surface area contributed by atoms with Crippen LogP contribution in [0, 0.1) is 0 Å². The fourth-order valence-corrected chi connectivity index (χ4v) is 7.52. The molecule has 5 aromatic carbocycles. The first-order valence-corrected chi connectivity index (χ1v) is 17.5. The lowest BCUT2D eigenvalue weighted by atomic mass is 9.80. The number of hydrogen-bond acceptors (Lipinski definition) is 5. The molecule has 1 aliphatic heterocycles. The van der Waals surface area contributed by atoms with E-state index < -0.39 is 61.0 Å². The Morgan fingerprint density at radius 2 is 1.20 bits per heavy atom. The quantitative estimate of drug-likeness (QED) is 0.0877. The van der Waals surface area contributed by atoms with Crippen LogP contribution in [0.2, 0.25) is 5.02 Å². The number of esters is 1. The lowest BCUT2D eigenvalue weighted by Gasteiger charge is -2.36. The predicted molar refractivity (Wildman–Crippen MR) is 193 cm³/mol. The molecule has 0 bridgehead atoms. The van der Waals surface area contributed by atoms with Crippen molar-refractivity contribution in [2.75, 3.05) is 19.7 Å². The van der Waals surface area contributed by atoms with Crippen molar-refractivity contribution in [1.29, 1.82) is 0 Å². The van der Waals surface area contributed by atoms with Crippen LogP contribution < -0.4 is 5.32 Å². The van der Waals surface area contributed by atoms with Crippen LogP contribution in [0.25, 0.3) is 11.1 Å². The second-order valence-electron chi connectivity index (χ2n) is 13.2. The number of carbonyl (C=O) groups is 3. The van der Waals surface area contributed by atoms with E-state index in [0.29, 0.717) is 16.7 Å². The third-order valence-corrected chi connectivity index (χ3v) is 10.1. The van der Waals surface area contributed by atoms with Crippen molar-refractivity contribution in [2.45, 2.75) is 35.8 Å². The maximum Gasteiger partial charge on any atom is 0.407 e. The number of nitrogens with one attached hydrogen (secondary N) is 1. The molecule has 2 amide bonds. The number of amides is 2. The fraction of sp³-hybridized carbons (Fsp3) is 0.214. The molecular weight excluding hydrogens is 724 g/mol. The number of rotatable bonds is 10. The molecule has 1 fully saturated rings. The van der Waals surface area contributed by atoms with Gasteiger partial charge in [-0.2, -0.15) is 17.6 Å². The summed E-state index contributed by atoms with van der Waals surface area (Å²) in [5.74, 6) is -11.8. The summed E-state index contributed by atoms with van der Waals surface area (Å²) < 4.78 is 69.2. The van der Waals surface area contributed by atoms with Crippen molar-refractivity contribution in [3.8, 4) is 11.1 Å². The molecule has 1 heterocycles. The molecule has 1 atom stereocenters. The van der Waals surface area contributed by atoms with Crippen LogP contribution in [-0.4, -0.2) is 60.5 Å². The van der Waals surface area contributed by atoms with Crippen LogP contribution in [0.4, 0.5) is 22.4 Å². The molecule has 0 aromatic heterocycles. The highest BCUT2D eigenvalue weighted by molar-refractivity contribution is 6.31. The van der Waals surface area contributed by atoms with E-state index >= 15 is 0 Å². The van der Waals surface area contributed by atoms with Crippen LogP contribution in [0.5, 0.6) is 0 Å². The molecule has 5 aromatic rings. The Kier molecular flexibility index (Phi) is 9.93. The maximum atomic E-state index is 14.3.